The van der Waals surface area contributed by atoms with Crippen LogP contribution in [0.1, 0.15) is 30.2 Å². The van der Waals surface area contributed by atoms with E-state index in [1.54, 1.807) is 11.8 Å². The van der Waals surface area contributed by atoms with Crippen LogP contribution in [0.4, 0.5) is 0 Å². The number of thioether (sulfide) groups is 1. The molecule has 0 bridgehead atoms. The van der Waals surface area contributed by atoms with Crippen molar-refractivity contribution < 1.29 is 4.79 Å². The van der Waals surface area contributed by atoms with E-state index in [2.05, 4.69) is 29.6 Å². The van der Waals surface area contributed by atoms with Gasteiger partial charge >= 0.3 is 0 Å². The first kappa shape index (κ1) is 15.6. The van der Waals surface area contributed by atoms with E-state index in [9.17, 15) is 4.79 Å². The molecule has 110 valence electrons. The van der Waals surface area contributed by atoms with E-state index in [0.29, 0.717) is 5.75 Å². The zero-order chi connectivity index (χ0) is 15.1. The number of hydrogen-bond donors (Lipinski definition) is 1. The van der Waals surface area contributed by atoms with Crippen molar-refractivity contribution in [3.8, 4) is 0 Å². The first-order valence-electron chi connectivity index (χ1n) is 7.17. The molecule has 0 heterocycles. The normalized spacial score (nSPS) is 10.9. The first-order chi connectivity index (χ1) is 10.2. The van der Waals surface area contributed by atoms with E-state index in [4.69, 9.17) is 0 Å². The molecule has 0 unspecified atom stereocenters. The van der Waals surface area contributed by atoms with Gasteiger partial charge in [0.05, 0.1) is 11.0 Å². The minimum Gasteiger partial charge on any atom is -0.353 e. The Hall–Kier alpha value is -1.74. The molecule has 2 rings (SSSR count). The second-order valence-corrected chi connectivity index (χ2v) is 6.33. The number of benzene rings is 2. The van der Waals surface area contributed by atoms with E-state index in [-0.39, 0.29) is 17.2 Å². The molecule has 0 aliphatic heterocycles. The molecule has 0 atom stereocenters. The number of hydrogen-bond acceptors (Lipinski definition) is 2. The molecule has 2 aromatic carbocycles. The summed E-state index contributed by atoms with van der Waals surface area (Å²) in [6, 6.07) is 20.8. The SMILES string of the molecule is CC(C)NC(=O)CSC(c1ccccc1)c1ccccc1. The van der Waals surface area contributed by atoms with Crippen molar-refractivity contribution >= 4 is 17.7 Å². The third-order valence-electron chi connectivity index (χ3n) is 3.04. The van der Waals surface area contributed by atoms with Crippen molar-refractivity contribution in [2.24, 2.45) is 0 Å². The largest absolute Gasteiger partial charge is 0.353 e. The second-order valence-electron chi connectivity index (χ2n) is 5.23. The van der Waals surface area contributed by atoms with Gasteiger partial charge in [-0.15, -0.1) is 11.8 Å². The molecule has 1 amide bonds. The molecule has 0 aliphatic rings. The van der Waals surface area contributed by atoms with E-state index < -0.39 is 0 Å². The molecule has 0 fully saturated rings. The minimum absolute atomic E-state index is 0.0897. The molecule has 21 heavy (non-hydrogen) atoms. The van der Waals surface area contributed by atoms with Gasteiger partial charge in [-0.1, -0.05) is 60.7 Å². The van der Waals surface area contributed by atoms with Gasteiger partial charge in [-0.3, -0.25) is 4.79 Å². The van der Waals surface area contributed by atoms with Gasteiger partial charge < -0.3 is 5.32 Å². The highest BCUT2D eigenvalue weighted by molar-refractivity contribution is 8.00. The Labute approximate surface area is 131 Å². The highest BCUT2D eigenvalue weighted by atomic mass is 32.2. The molecule has 0 aromatic heterocycles. The summed E-state index contributed by atoms with van der Waals surface area (Å²) in [5.74, 6) is 0.555. The zero-order valence-electron chi connectivity index (χ0n) is 12.5. The lowest BCUT2D eigenvalue weighted by atomic mass is 10.0. The van der Waals surface area contributed by atoms with Gasteiger partial charge in [0, 0.05) is 6.04 Å². The topological polar surface area (TPSA) is 29.1 Å². The number of carbonyl (C=O) groups is 1. The van der Waals surface area contributed by atoms with Gasteiger partial charge in [0.25, 0.3) is 0 Å². The van der Waals surface area contributed by atoms with Crippen LogP contribution < -0.4 is 5.32 Å². The molecule has 0 saturated carbocycles. The predicted octanol–water partition coefficient (Wildman–Crippen LogP) is 4.03. The Kier molecular flexibility index (Phi) is 5.88. The summed E-state index contributed by atoms with van der Waals surface area (Å²) in [7, 11) is 0. The highest BCUT2D eigenvalue weighted by Gasteiger charge is 2.16. The van der Waals surface area contributed by atoms with Crippen LogP contribution in [0.15, 0.2) is 60.7 Å². The number of carbonyl (C=O) groups excluding carboxylic acids is 1. The Morgan fingerprint density at radius 3 is 1.86 bits per heavy atom. The summed E-state index contributed by atoms with van der Waals surface area (Å²) in [5, 5.41) is 3.13. The molecule has 2 aromatic rings. The van der Waals surface area contributed by atoms with Crippen molar-refractivity contribution in [2.75, 3.05) is 5.75 Å². The Balaban J connectivity index is 2.12. The molecular weight excluding hydrogens is 278 g/mol. The lowest BCUT2D eigenvalue weighted by molar-refractivity contribution is -0.119. The van der Waals surface area contributed by atoms with Gasteiger partial charge in [0.2, 0.25) is 5.91 Å². The molecule has 3 heteroatoms. The molecule has 0 radical (unpaired) electrons. The standard InChI is InChI=1S/C18H21NOS/c1-14(2)19-17(20)13-21-18(15-9-5-3-6-10-15)16-11-7-4-8-12-16/h3-12,14,18H,13H2,1-2H3,(H,19,20). The molecule has 0 aliphatic carbocycles. The van der Waals surface area contributed by atoms with Crippen LogP contribution in [0.25, 0.3) is 0 Å². The second kappa shape index (κ2) is 7.89. The van der Waals surface area contributed by atoms with Crippen molar-refractivity contribution in [1.29, 1.82) is 0 Å². The Bertz CT molecular complexity index is 514. The van der Waals surface area contributed by atoms with Gasteiger partial charge in [0.15, 0.2) is 0 Å². The van der Waals surface area contributed by atoms with Crippen LogP contribution in [0.2, 0.25) is 0 Å². The average molecular weight is 299 g/mol. The van der Waals surface area contributed by atoms with Gasteiger partial charge in [-0.25, -0.2) is 0 Å². The summed E-state index contributed by atoms with van der Waals surface area (Å²) < 4.78 is 0. The number of rotatable bonds is 6. The maximum atomic E-state index is 11.9. The summed E-state index contributed by atoms with van der Waals surface area (Å²) in [5.41, 5.74) is 2.46. The van der Waals surface area contributed by atoms with Gasteiger partial charge in [-0.2, -0.15) is 0 Å². The van der Waals surface area contributed by atoms with E-state index in [1.165, 1.54) is 11.1 Å². The lowest BCUT2D eigenvalue weighted by Crippen LogP contribution is -2.31. The van der Waals surface area contributed by atoms with E-state index >= 15 is 0 Å². The first-order valence-corrected chi connectivity index (χ1v) is 8.22. The summed E-state index contributed by atoms with van der Waals surface area (Å²) >= 11 is 1.67. The van der Waals surface area contributed by atoms with Crippen LogP contribution >= 0.6 is 11.8 Å². The molecular formula is C18H21NOS. The Morgan fingerprint density at radius 1 is 0.952 bits per heavy atom. The molecule has 0 spiro atoms. The fraction of sp³-hybridized carbons (Fsp3) is 0.278. The van der Waals surface area contributed by atoms with Crippen LogP contribution in [-0.2, 0) is 4.79 Å². The van der Waals surface area contributed by atoms with Crippen molar-refractivity contribution in [3.63, 3.8) is 0 Å². The molecule has 1 N–H and O–H groups in total. The summed E-state index contributed by atoms with van der Waals surface area (Å²) in [6.45, 7) is 3.96. The van der Waals surface area contributed by atoms with Gasteiger partial charge in [0.1, 0.15) is 0 Å². The smallest absolute Gasteiger partial charge is 0.230 e. The number of amides is 1. The minimum atomic E-state index is 0.0897. The third kappa shape index (κ3) is 4.94. The zero-order valence-corrected chi connectivity index (χ0v) is 13.3. The van der Waals surface area contributed by atoms with Gasteiger partial charge in [-0.05, 0) is 25.0 Å². The van der Waals surface area contributed by atoms with E-state index in [1.807, 2.05) is 50.2 Å². The average Bonchev–Trinajstić information content (AvgIpc) is 2.49. The van der Waals surface area contributed by atoms with Crippen LogP contribution in [0.5, 0.6) is 0 Å². The maximum Gasteiger partial charge on any atom is 0.230 e. The Morgan fingerprint density at radius 2 is 1.43 bits per heavy atom. The molecule has 2 nitrogen and oxygen atoms in total. The summed E-state index contributed by atoms with van der Waals surface area (Å²) in [4.78, 5) is 11.9. The fourth-order valence-electron chi connectivity index (χ4n) is 2.16. The third-order valence-corrected chi connectivity index (χ3v) is 4.34. The highest BCUT2D eigenvalue weighted by Crippen LogP contribution is 2.35. The van der Waals surface area contributed by atoms with Crippen molar-refractivity contribution in [3.05, 3.63) is 71.8 Å². The quantitative estimate of drug-likeness (QED) is 0.872. The van der Waals surface area contributed by atoms with Crippen LogP contribution in [-0.4, -0.2) is 17.7 Å². The monoisotopic (exact) mass is 299 g/mol. The van der Waals surface area contributed by atoms with Crippen LogP contribution in [0.3, 0.4) is 0 Å². The fourth-order valence-corrected chi connectivity index (χ4v) is 3.26. The van der Waals surface area contributed by atoms with Crippen LogP contribution in [0, 0.1) is 0 Å². The van der Waals surface area contributed by atoms with Crippen molar-refractivity contribution in [1.82, 2.24) is 5.32 Å². The van der Waals surface area contributed by atoms with E-state index in [0.717, 1.165) is 0 Å². The van der Waals surface area contributed by atoms with Crippen molar-refractivity contribution in [2.45, 2.75) is 25.1 Å². The lowest BCUT2D eigenvalue weighted by Gasteiger charge is -2.18. The predicted molar refractivity (Wildman–Crippen MR) is 90.5 cm³/mol. The maximum absolute atomic E-state index is 11.9. The summed E-state index contributed by atoms with van der Waals surface area (Å²) in [6.07, 6.45) is 0. The number of nitrogens with one attached hydrogen (secondary N) is 1. The molecule has 0 saturated heterocycles.